The van der Waals surface area contributed by atoms with E-state index in [0.717, 1.165) is 0 Å². The van der Waals surface area contributed by atoms with Crippen molar-refractivity contribution in [1.29, 1.82) is 0 Å². The van der Waals surface area contributed by atoms with E-state index >= 15 is 0 Å². The number of rotatable bonds is 2. The maximum Gasteiger partial charge on any atom is 0.222 e. The molecule has 0 aromatic heterocycles. The number of amides is 1. The number of hydrogen-bond acceptors (Lipinski definition) is 2. The molecule has 1 saturated heterocycles. The summed E-state index contributed by atoms with van der Waals surface area (Å²) < 4.78 is 13.7. The van der Waals surface area contributed by atoms with Crippen LogP contribution in [0.5, 0.6) is 0 Å². The molecule has 1 aliphatic rings. The molecule has 1 amide bonds. The van der Waals surface area contributed by atoms with Crippen LogP contribution in [-0.4, -0.2) is 29.0 Å². The predicted octanol–water partition coefficient (Wildman–Crippen LogP) is 2.05. The monoisotopic (exact) mass is 251 g/mol. The second kappa shape index (κ2) is 5.06. The average molecular weight is 251 g/mol. The number of piperidine rings is 1. The molecule has 1 N–H and O–H groups in total. The fraction of sp³-hybridized carbons (Fsp3) is 0.500. The van der Waals surface area contributed by atoms with E-state index in [2.05, 4.69) is 0 Å². The molecular formula is C14H18FNO2. The van der Waals surface area contributed by atoms with Crippen molar-refractivity contribution in [2.75, 3.05) is 13.1 Å². The van der Waals surface area contributed by atoms with Gasteiger partial charge in [0, 0.05) is 25.1 Å². The van der Waals surface area contributed by atoms with Crippen LogP contribution in [-0.2, 0) is 10.4 Å². The molecule has 1 heterocycles. The summed E-state index contributed by atoms with van der Waals surface area (Å²) in [6.45, 7) is 2.79. The van der Waals surface area contributed by atoms with Gasteiger partial charge in [-0.25, -0.2) is 4.39 Å². The third-order valence-corrected chi connectivity index (χ3v) is 3.62. The topological polar surface area (TPSA) is 40.5 Å². The first-order valence-corrected chi connectivity index (χ1v) is 6.32. The number of likely N-dealkylation sites (tertiary alicyclic amines) is 1. The van der Waals surface area contributed by atoms with Gasteiger partial charge >= 0.3 is 0 Å². The van der Waals surface area contributed by atoms with Crippen molar-refractivity contribution in [3.63, 3.8) is 0 Å². The van der Waals surface area contributed by atoms with E-state index in [-0.39, 0.29) is 11.7 Å². The fourth-order valence-corrected chi connectivity index (χ4v) is 2.46. The van der Waals surface area contributed by atoms with Gasteiger partial charge in [0.25, 0.3) is 0 Å². The second-order valence-corrected chi connectivity index (χ2v) is 4.75. The molecule has 0 bridgehead atoms. The third-order valence-electron chi connectivity index (χ3n) is 3.62. The molecule has 4 heteroatoms. The molecule has 1 fully saturated rings. The van der Waals surface area contributed by atoms with Crippen LogP contribution in [0.2, 0.25) is 0 Å². The van der Waals surface area contributed by atoms with Crippen LogP contribution in [0.25, 0.3) is 0 Å². The molecule has 0 spiro atoms. The molecule has 0 atom stereocenters. The Morgan fingerprint density at radius 3 is 2.56 bits per heavy atom. The van der Waals surface area contributed by atoms with Crippen LogP contribution in [0.1, 0.15) is 31.7 Å². The van der Waals surface area contributed by atoms with Gasteiger partial charge in [0.05, 0.1) is 5.60 Å². The Bertz CT molecular complexity index is 439. The summed E-state index contributed by atoms with van der Waals surface area (Å²) >= 11 is 0. The summed E-state index contributed by atoms with van der Waals surface area (Å²) in [6.07, 6.45) is 1.25. The van der Waals surface area contributed by atoms with E-state index in [4.69, 9.17) is 0 Å². The molecule has 1 aromatic carbocycles. The van der Waals surface area contributed by atoms with Crippen molar-refractivity contribution in [2.24, 2.45) is 0 Å². The highest BCUT2D eigenvalue weighted by Crippen LogP contribution is 2.34. The smallest absolute Gasteiger partial charge is 0.222 e. The first kappa shape index (κ1) is 13.0. The highest BCUT2D eigenvalue weighted by Gasteiger charge is 2.36. The molecule has 0 radical (unpaired) electrons. The number of benzene rings is 1. The molecule has 2 rings (SSSR count). The zero-order valence-corrected chi connectivity index (χ0v) is 10.5. The van der Waals surface area contributed by atoms with Gasteiger partial charge in [-0.15, -0.1) is 0 Å². The summed E-state index contributed by atoms with van der Waals surface area (Å²) in [5, 5.41) is 10.5. The van der Waals surface area contributed by atoms with Crippen LogP contribution in [0.4, 0.5) is 4.39 Å². The van der Waals surface area contributed by atoms with Crippen LogP contribution in [0.15, 0.2) is 24.3 Å². The molecule has 0 saturated carbocycles. The molecule has 0 aliphatic carbocycles. The number of carbonyl (C=O) groups excluding carboxylic acids is 1. The summed E-state index contributed by atoms with van der Waals surface area (Å²) in [5.41, 5.74) is -0.802. The van der Waals surface area contributed by atoms with Crippen molar-refractivity contribution < 1.29 is 14.3 Å². The lowest BCUT2D eigenvalue weighted by molar-refractivity contribution is -0.135. The lowest BCUT2D eigenvalue weighted by Gasteiger charge is -2.38. The Morgan fingerprint density at radius 1 is 1.39 bits per heavy atom. The van der Waals surface area contributed by atoms with Crippen molar-refractivity contribution in [3.05, 3.63) is 35.6 Å². The van der Waals surface area contributed by atoms with Gasteiger partial charge in [0.15, 0.2) is 0 Å². The number of hydrogen-bond donors (Lipinski definition) is 1. The van der Waals surface area contributed by atoms with Crippen LogP contribution < -0.4 is 0 Å². The molecule has 98 valence electrons. The second-order valence-electron chi connectivity index (χ2n) is 4.75. The largest absolute Gasteiger partial charge is 0.385 e. The van der Waals surface area contributed by atoms with E-state index in [1.807, 2.05) is 6.92 Å². The first-order valence-electron chi connectivity index (χ1n) is 6.32. The maximum absolute atomic E-state index is 13.7. The Morgan fingerprint density at radius 2 is 2.00 bits per heavy atom. The Balaban J connectivity index is 2.12. The minimum Gasteiger partial charge on any atom is -0.385 e. The predicted molar refractivity (Wildman–Crippen MR) is 66.4 cm³/mol. The van der Waals surface area contributed by atoms with Crippen molar-refractivity contribution >= 4 is 5.91 Å². The minimum absolute atomic E-state index is 0.0885. The van der Waals surface area contributed by atoms with Gasteiger partial charge in [-0.2, -0.15) is 0 Å². The van der Waals surface area contributed by atoms with Crippen LogP contribution in [0, 0.1) is 5.82 Å². The quantitative estimate of drug-likeness (QED) is 0.874. The lowest BCUT2D eigenvalue weighted by Crippen LogP contribution is -2.45. The SMILES string of the molecule is CCC(=O)N1CCC(O)(c2ccccc2F)CC1. The fourth-order valence-electron chi connectivity index (χ4n) is 2.46. The van der Waals surface area contributed by atoms with Gasteiger partial charge in [-0.3, -0.25) is 4.79 Å². The summed E-state index contributed by atoms with van der Waals surface area (Å²) in [7, 11) is 0. The van der Waals surface area contributed by atoms with Gasteiger partial charge < -0.3 is 10.0 Å². The van der Waals surface area contributed by atoms with Gasteiger partial charge in [0.1, 0.15) is 5.82 Å². The summed E-state index contributed by atoms with van der Waals surface area (Å²) in [4.78, 5) is 13.3. The van der Waals surface area contributed by atoms with E-state index in [1.54, 1.807) is 23.1 Å². The number of carbonyl (C=O) groups is 1. The Kier molecular flexibility index (Phi) is 3.66. The number of aliphatic hydroxyl groups is 1. The summed E-state index contributed by atoms with van der Waals surface area (Å²) in [6, 6.07) is 6.31. The highest BCUT2D eigenvalue weighted by atomic mass is 19.1. The highest BCUT2D eigenvalue weighted by molar-refractivity contribution is 5.75. The molecule has 1 aliphatic heterocycles. The Hall–Kier alpha value is -1.42. The van der Waals surface area contributed by atoms with Crippen LogP contribution in [0.3, 0.4) is 0 Å². The zero-order chi connectivity index (χ0) is 13.2. The van der Waals surface area contributed by atoms with Crippen molar-refractivity contribution in [1.82, 2.24) is 4.90 Å². The van der Waals surface area contributed by atoms with E-state index < -0.39 is 5.60 Å². The molecule has 18 heavy (non-hydrogen) atoms. The van der Waals surface area contributed by atoms with Gasteiger partial charge in [-0.1, -0.05) is 25.1 Å². The normalized spacial score (nSPS) is 18.7. The number of nitrogens with zero attached hydrogens (tertiary/aromatic N) is 1. The molecule has 3 nitrogen and oxygen atoms in total. The van der Waals surface area contributed by atoms with Crippen molar-refractivity contribution in [3.8, 4) is 0 Å². The van der Waals surface area contributed by atoms with E-state index in [1.165, 1.54) is 6.07 Å². The van der Waals surface area contributed by atoms with Crippen LogP contribution >= 0.6 is 0 Å². The average Bonchev–Trinajstić information content (AvgIpc) is 2.39. The van der Waals surface area contributed by atoms with Gasteiger partial charge in [0.2, 0.25) is 5.91 Å². The standard InChI is InChI=1S/C14H18FNO2/c1-2-13(17)16-9-7-14(18,8-10-16)11-5-3-4-6-12(11)15/h3-6,18H,2,7-10H2,1H3. The van der Waals surface area contributed by atoms with Crippen molar-refractivity contribution in [2.45, 2.75) is 31.8 Å². The molecule has 0 unspecified atom stereocenters. The Labute approximate surface area is 106 Å². The third kappa shape index (κ3) is 2.38. The molecule has 1 aromatic rings. The van der Waals surface area contributed by atoms with E-state index in [0.29, 0.717) is 37.9 Å². The lowest BCUT2D eigenvalue weighted by atomic mass is 9.84. The van der Waals surface area contributed by atoms with E-state index in [9.17, 15) is 14.3 Å². The summed E-state index contributed by atoms with van der Waals surface area (Å²) in [5.74, 6) is -0.291. The molecular weight excluding hydrogens is 233 g/mol. The zero-order valence-electron chi connectivity index (χ0n) is 10.5. The number of halogens is 1. The maximum atomic E-state index is 13.7. The first-order chi connectivity index (χ1) is 8.57. The van der Waals surface area contributed by atoms with Gasteiger partial charge in [-0.05, 0) is 18.9 Å². The minimum atomic E-state index is -1.14.